The third-order valence-corrected chi connectivity index (χ3v) is 4.99. The van der Waals surface area contributed by atoms with E-state index in [4.69, 9.17) is 4.99 Å². The van der Waals surface area contributed by atoms with Crippen LogP contribution in [0.4, 0.5) is 11.4 Å². The molecular formula is C18H17N3O2S. The SMILES string of the molecule is Cc1cccc(N=c2scc(-c3cccc([N+](=O)[O-])c3)n2C)c1C. The molecule has 3 rings (SSSR count). The second-order valence-corrected chi connectivity index (χ2v) is 6.44. The summed E-state index contributed by atoms with van der Waals surface area (Å²) in [7, 11) is 1.93. The summed E-state index contributed by atoms with van der Waals surface area (Å²) in [5.41, 5.74) is 5.11. The summed E-state index contributed by atoms with van der Waals surface area (Å²) in [6.45, 7) is 4.13. The maximum absolute atomic E-state index is 11.0. The molecule has 0 unspecified atom stereocenters. The number of hydrogen-bond donors (Lipinski definition) is 0. The Hall–Kier alpha value is -2.73. The van der Waals surface area contributed by atoms with Gasteiger partial charge < -0.3 is 4.57 Å². The van der Waals surface area contributed by atoms with Crippen LogP contribution in [0.3, 0.4) is 0 Å². The Labute approximate surface area is 143 Å². The summed E-state index contributed by atoms with van der Waals surface area (Å²) in [5, 5.41) is 12.9. The van der Waals surface area contributed by atoms with Gasteiger partial charge in [0.05, 0.1) is 16.3 Å². The van der Waals surface area contributed by atoms with Crippen LogP contribution in [-0.4, -0.2) is 9.49 Å². The highest BCUT2D eigenvalue weighted by Gasteiger charge is 2.10. The lowest BCUT2D eigenvalue weighted by atomic mass is 10.1. The predicted octanol–water partition coefficient (Wildman–Crippen LogP) is 4.51. The van der Waals surface area contributed by atoms with Crippen molar-refractivity contribution in [3.8, 4) is 11.3 Å². The van der Waals surface area contributed by atoms with Crippen molar-refractivity contribution in [1.82, 2.24) is 4.57 Å². The molecule has 2 aromatic carbocycles. The van der Waals surface area contributed by atoms with Gasteiger partial charge in [0.15, 0.2) is 4.80 Å². The normalized spacial score (nSPS) is 11.7. The van der Waals surface area contributed by atoms with Crippen LogP contribution >= 0.6 is 11.3 Å². The number of aryl methyl sites for hydroxylation is 1. The summed E-state index contributed by atoms with van der Waals surface area (Å²) in [4.78, 5) is 16.2. The van der Waals surface area contributed by atoms with Crippen molar-refractivity contribution in [2.75, 3.05) is 0 Å². The van der Waals surface area contributed by atoms with Gasteiger partial charge >= 0.3 is 0 Å². The Kier molecular flexibility index (Phi) is 4.31. The fourth-order valence-corrected chi connectivity index (χ4v) is 3.39. The van der Waals surface area contributed by atoms with Gasteiger partial charge in [-0.25, -0.2) is 4.99 Å². The molecule has 0 fully saturated rings. The van der Waals surface area contributed by atoms with E-state index in [0.29, 0.717) is 0 Å². The average molecular weight is 339 g/mol. The van der Waals surface area contributed by atoms with Crippen LogP contribution in [0.15, 0.2) is 52.8 Å². The monoisotopic (exact) mass is 339 g/mol. The molecule has 0 atom stereocenters. The standard InChI is InChI=1S/C18H17N3O2S/c1-12-6-4-9-16(13(12)2)19-18-20(3)17(11-24-18)14-7-5-8-15(10-14)21(22)23/h4-11H,1-3H3. The Morgan fingerprint density at radius 2 is 1.92 bits per heavy atom. The summed E-state index contributed by atoms with van der Waals surface area (Å²) in [6, 6.07) is 12.7. The number of nitro groups is 1. The van der Waals surface area contributed by atoms with E-state index in [-0.39, 0.29) is 10.6 Å². The van der Waals surface area contributed by atoms with E-state index in [1.54, 1.807) is 12.1 Å². The van der Waals surface area contributed by atoms with E-state index in [9.17, 15) is 10.1 Å². The van der Waals surface area contributed by atoms with Gasteiger partial charge in [-0.05, 0) is 31.0 Å². The smallest absolute Gasteiger partial charge is 0.270 e. The Balaban J connectivity index is 2.09. The molecule has 6 heteroatoms. The quantitative estimate of drug-likeness (QED) is 0.520. The van der Waals surface area contributed by atoms with E-state index < -0.39 is 0 Å². The van der Waals surface area contributed by atoms with Gasteiger partial charge in [-0.3, -0.25) is 10.1 Å². The lowest BCUT2D eigenvalue weighted by molar-refractivity contribution is -0.384. The van der Waals surface area contributed by atoms with Crippen LogP contribution in [0.25, 0.3) is 11.3 Å². The van der Waals surface area contributed by atoms with Crippen molar-refractivity contribution in [1.29, 1.82) is 0 Å². The number of nitro benzene ring substituents is 1. The lowest BCUT2D eigenvalue weighted by Gasteiger charge is -2.04. The third kappa shape index (κ3) is 3.00. The van der Waals surface area contributed by atoms with E-state index in [2.05, 4.69) is 19.9 Å². The molecular weight excluding hydrogens is 322 g/mol. The van der Waals surface area contributed by atoms with Crippen LogP contribution in [0.1, 0.15) is 11.1 Å². The molecule has 0 amide bonds. The van der Waals surface area contributed by atoms with Crippen molar-refractivity contribution in [2.24, 2.45) is 12.0 Å². The maximum atomic E-state index is 11.0. The molecule has 3 aromatic rings. The van der Waals surface area contributed by atoms with Gasteiger partial charge in [-0.15, -0.1) is 11.3 Å². The molecule has 0 saturated heterocycles. The van der Waals surface area contributed by atoms with Crippen molar-refractivity contribution in [3.63, 3.8) is 0 Å². The summed E-state index contributed by atoms with van der Waals surface area (Å²) in [6.07, 6.45) is 0. The molecule has 0 radical (unpaired) electrons. The predicted molar refractivity (Wildman–Crippen MR) is 96.5 cm³/mol. The van der Waals surface area contributed by atoms with Crippen molar-refractivity contribution in [3.05, 3.63) is 73.9 Å². The number of hydrogen-bond acceptors (Lipinski definition) is 4. The molecule has 0 spiro atoms. The Morgan fingerprint density at radius 1 is 1.17 bits per heavy atom. The minimum Gasteiger partial charge on any atom is -0.320 e. The minimum absolute atomic E-state index is 0.0896. The lowest BCUT2D eigenvalue weighted by Crippen LogP contribution is -2.11. The number of rotatable bonds is 3. The molecule has 0 aliphatic carbocycles. The van der Waals surface area contributed by atoms with Crippen LogP contribution in [0, 0.1) is 24.0 Å². The van der Waals surface area contributed by atoms with E-state index in [1.165, 1.54) is 23.0 Å². The molecule has 24 heavy (non-hydrogen) atoms. The largest absolute Gasteiger partial charge is 0.320 e. The van der Waals surface area contributed by atoms with Crippen LogP contribution < -0.4 is 4.80 Å². The van der Waals surface area contributed by atoms with E-state index >= 15 is 0 Å². The highest BCUT2D eigenvalue weighted by Crippen LogP contribution is 2.25. The average Bonchev–Trinajstić information content (AvgIpc) is 2.93. The highest BCUT2D eigenvalue weighted by molar-refractivity contribution is 7.07. The minimum atomic E-state index is -0.378. The van der Waals surface area contributed by atoms with E-state index in [1.807, 2.05) is 35.2 Å². The van der Waals surface area contributed by atoms with Crippen LogP contribution in [-0.2, 0) is 7.05 Å². The fraction of sp³-hybridized carbons (Fsp3) is 0.167. The van der Waals surface area contributed by atoms with E-state index in [0.717, 1.165) is 27.3 Å². The molecule has 0 N–H and O–H groups in total. The first-order valence-corrected chi connectivity index (χ1v) is 8.35. The Bertz CT molecular complexity index is 986. The summed E-state index contributed by atoms with van der Waals surface area (Å²) in [5.74, 6) is 0. The van der Waals surface area contributed by atoms with Crippen LogP contribution in [0.5, 0.6) is 0 Å². The zero-order chi connectivity index (χ0) is 17.3. The second kappa shape index (κ2) is 6.41. The van der Waals surface area contributed by atoms with Crippen molar-refractivity contribution >= 4 is 22.7 Å². The zero-order valence-electron chi connectivity index (χ0n) is 13.7. The number of aromatic nitrogens is 1. The summed E-state index contributed by atoms with van der Waals surface area (Å²) < 4.78 is 1.96. The Morgan fingerprint density at radius 3 is 2.67 bits per heavy atom. The first kappa shape index (κ1) is 16.1. The topological polar surface area (TPSA) is 60.4 Å². The third-order valence-electron chi connectivity index (χ3n) is 4.07. The molecule has 0 aliphatic heterocycles. The summed E-state index contributed by atoms with van der Waals surface area (Å²) >= 11 is 1.52. The van der Waals surface area contributed by atoms with Gasteiger partial charge in [0, 0.05) is 30.1 Å². The fourth-order valence-electron chi connectivity index (χ4n) is 2.47. The molecule has 0 bridgehead atoms. The number of nitrogens with zero attached hydrogens (tertiary/aromatic N) is 3. The highest BCUT2D eigenvalue weighted by atomic mass is 32.1. The molecule has 122 valence electrons. The van der Waals surface area contributed by atoms with Crippen LogP contribution in [0.2, 0.25) is 0 Å². The molecule has 5 nitrogen and oxygen atoms in total. The molecule has 1 heterocycles. The second-order valence-electron chi connectivity index (χ2n) is 5.60. The van der Waals surface area contributed by atoms with Gasteiger partial charge in [0.1, 0.15) is 0 Å². The number of benzene rings is 2. The van der Waals surface area contributed by atoms with Crippen molar-refractivity contribution in [2.45, 2.75) is 13.8 Å². The molecule has 0 aliphatic rings. The maximum Gasteiger partial charge on any atom is 0.270 e. The number of non-ortho nitro benzene ring substituents is 1. The first-order valence-electron chi connectivity index (χ1n) is 7.47. The van der Waals surface area contributed by atoms with Gasteiger partial charge in [0.25, 0.3) is 5.69 Å². The van der Waals surface area contributed by atoms with Gasteiger partial charge in [-0.2, -0.15) is 0 Å². The van der Waals surface area contributed by atoms with Gasteiger partial charge in [0.2, 0.25) is 0 Å². The number of thiazole rings is 1. The zero-order valence-corrected chi connectivity index (χ0v) is 14.5. The van der Waals surface area contributed by atoms with Crippen molar-refractivity contribution < 1.29 is 4.92 Å². The van der Waals surface area contributed by atoms with Gasteiger partial charge in [-0.1, -0.05) is 24.3 Å². The molecule has 0 saturated carbocycles. The first-order chi connectivity index (χ1) is 11.5. The molecule has 1 aromatic heterocycles.